The largest absolute Gasteiger partial charge is 0.473 e. The molecular weight excluding hydrogens is 180 g/mol. The number of hydrogen-bond acceptors (Lipinski definition) is 4. The standard InChI is InChI=1S/C5H12O2.C2H2O4/c1-2-3-4-5(6)7;3-1(4)2(5)6/h5-7H,2-4H2,1H3;(H,3,4)(H,5,6). The molecule has 0 radical (unpaired) electrons. The van der Waals surface area contributed by atoms with E-state index in [9.17, 15) is 0 Å². The lowest BCUT2D eigenvalue weighted by Gasteiger charge is -1.97. The topological polar surface area (TPSA) is 115 Å². The summed E-state index contributed by atoms with van der Waals surface area (Å²) in [5.74, 6) is -3.65. The van der Waals surface area contributed by atoms with Gasteiger partial charge in [-0.15, -0.1) is 0 Å². The van der Waals surface area contributed by atoms with Gasteiger partial charge in [0.15, 0.2) is 6.29 Å². The molecule has 0 aromatic carbocycles. The Kier molecular flexibility index (Phi) is 9.91. The summed E-state index contributed by atoms with van der Waals surface area (Å²) in [6.07, 6.45) is 1.34. The molecule has 0 saturated heterocycles. The van der Waals surface area contributed by atoms with Gasteiger partial charge < -0.3 is 20.4 Å². The van der Waals surface area contributed by atoms with Crippen molar-refractivity contribution in [3.63, 3.8) is 0 Å². The maximum atomic E-state index is 9.10. The highest BCUT2D eigenvalue weighted by atomic mass is 16.5. The van der Waals surface area contributed by atoms with Crippen LogP contribution in [0.3, 0.4) is 0 Å². The van der Waals surface area contributed by atoms with Crippen LogP contribution >= 0.6 is 0 Å². The molecule has 6 nitrogen and oxygen atoms in total. The first-order chi connectivity index (χ1) is 5.91. The van der Waals surface area contributed by atoms with Crippen LogP contribution in [0.4, 0.5) is 0 Å². The molecule has 0 amide bonds. The van der Waals surface area contributed by atoms with Crippen LogP contribution in [0, 0.1) is 0 Å². The van der Waals surface area contributed by atoms with Gasteiger partial charge >= 0.3 is 11.9 Å². The number of carbonyl (C=O) groups is 2. The van der Waals surface area contributed by atoms with Crippen LogP contribution in [0.15, 0.2) is 0 Å². The Morgan fingerprint density at radius 2 is 1.54 bits per heavy atom. The van der Waals surface area contributed by atoms with Gasteiger partial charge in [0.2, 0.25) is 0 Å². The summed E-state index contributed by atoms with van der Waals surface area (Å²) >= 11 is 0. The Balaban J connectivity index is 0. The molecule has 78 valence electrons. The van der Waals surface area contributed by atoms with E-state index >= 15 is 0 Å². The van der Waals surface area contributed by atoms with Crippen LogP contribution in [-0.2, 0) is 9.59 Å². The Bertz CT molecular complexity index is 141. The number of hydrogen-bond donors (Lipinski definition) is 4. The average molecular weight is 194 g/mol. The van der Waals surface area contributed by atoms with Crippen molar-refractivity contribution in [3.05, 3.63) is 0 Å². The Morgan fingerprint density at radius 1 is 1.15 bits per heavy atom. The van der Waals surface area contributed by atoms with E-state index in [2.05, 4.69) is 0 Å². The van der Waals surface area contributed by atoms with Crippen molar-refractivity contribution < 1.29 is 30.0 Å². The monoisotopic (exact) mass is 194 g/mol. The van der Waals surface area contributed by atoms with Crippen molar-refractivity contribution in [1.82, 2.24) is 0 Å². The molecule has 0 fully saturated rings. The predicted molar refractivity (Wildman–Crippen MR) is 43.0 cm³/mol. The summed E-state index contributed by atoms with van der Waals surface area (Å²) in [4.78, 5) is 18.2. The fourth-order valence-electron chi connectivity index (χ4n) is 0.387. The Morgan fingerprint density at radius 3 is 1.62 bits per heavy atom. The smallest absolute Gasteiger partial charge is 0.414 e. The molecule has 0 unspecified atom stereocenters. The minimum atomic E-state index is -1.82. The molecule has 0 spiro atoms. The van der Waals surface area contributed by atoms with E-state index in [1.54, 1.807) is 0 Å². The van der Waals surface area contributed by atoms with Crippen LogP contribution < -0.4 is 0 Å². The fourth-order valence-corrected chi connectivity index (χ4v) is 0.387. The minimum Gasteiger partial charge on any atom is -0.473 e. The molecule has 6 heteroatoms. The molecule has 13 heavy (non-hydrogen) atoms. The summed E-state index contributed by atoms with van der Waals surface area (Å²) in [5.41, 5.74) is 0. The molecule has 0 aromatic heterocycles. The molecule has 0 aliphatic rings. The van der Waals surface area contributed by atoms with Crippen LogP contribution in [0.1, 0.15) is 26.2 Å². The van der Waals surface area contributed by atoms with Crippen molar-refractivity contribution in [2.45, 2.75) is 32.5 Å². The van der Waals surface area contributed by atoms with Crippen molar-refractivity contribution in [1.29, 1.82) is 0 Å². The van der Waals surface area contributed by atoms with Crippen molar-refractivity contribution >= 4 is 11.9 Å². The molecule has 0 aliphatic carbocycles. The second kappa shape index (κ2) is 8.95. The van der Waals surface area contributed by atoms with Gasteiger partial charge in [0.25, 0.3) is 0 Å². The molecule has 0 heterocycles. The first-order valence-electron chi connectivity index (χ1n) is 3.74. The molecule has 0 aromatic rings. The van der Waals surface area contributed by atoms with Gasteiger partial charge in [0, 0.05) is 0 Å². The number of aliphatic hydroxyl groups is 2. The highest BCUT2D eigenvalue weighted by Gasteiger charge is 2.04. The van der Waals surface area contributed by atoms with Crippen LogP contribution in [0.5, 0.6) is 0 Å². The van der Waals surface area contributed by atoms with Crippen molar-refractivity contribution in [2.24, 2.45) is 0 Å². The second-order valence-corrected chi connectivity index (χ2v) is 2.23. The van der Waals surface area contributed by atoms with Gasteiger partial charge in [-0.1, -0.05) is 13.3 Å². The lowest BCUT2D eigenvalue weighted by Crippen LogP contribution is -2.09. The number of rotatable bonds is 3. The van der Waals surface area contributed by atoms with Crippen molar-refractivity contribution in [2.75, 3.05) is 0 Å². The first-order valence-corrected chi connectivity index (χ1v) is 3.74. The average Bonchev–Trinajstić information content (AvgIpc) is 2.01. The molecule has 0 bridgehead atoms. The van der Waals surface area contributed by atoms with E-state index in [1.165, 1.54) is 0 Å². The van der Waals surface area contributed by atoms with Gasteiger partial charge in [-0.25, -0.2) is 9.59 Å². The summed E-state index contributed by atoms with van der Waals surface area (Å²) in [6.45, 7) is 2.02. The molecule has 0 saturated carbocycles. The predicted octanol–water partition coefficient (Wildman–Crippen LogP) is -0.357. The molecular formula is C7H14O6. The number of carboxylic acids is 2. The summed E-state index contributed by atoms with van der Waals surface area (Å²) in [7, 11) is 0. The van der Waals surface area contributed by atoms with Gasteiger partial charge in [0.05, 0.1) is 0 Å². The first kappa shape index (κ1) is 14.4. The highest BCUT2D eigenvalue weighted by Crippen LogP contribution is 1.95. The lowest BCUT2D eigenvalue weighted by molar-refractivity contribution is -0.159. The van der Waals surface area contributed by atoms with E-state index < -0.39 is 18.2 Å². The minimum absolute atomic E-state index is 0.510. The third-order valence-electron chi connectivity index (χ3n) is 0.999. The third-order valence-corrected chi connectivity index (χ3v) is 0.999. The zero-order valence-corrected chi connectivity index (χ0v) is 7.30. The molecule has 0 atom stereocenters. The van der Waals surface area contributed by atoms with E-state index in [0.717, 1.165) is 12.8 Å². The Hall–Kier alpha value is -1.14. The lowest BCUT2D eigenvalue weighted by atomic mass is 10.2. The fraction of sp³-hybridized carbons (Fsp3) is 0.714. The van der Waals surface area contributed by atoms with Gasteiger partial charge in [-0.3, -0.25) is 0 Å². The number of unbranched alkanes of at least 4 members (excludes halogenated alkanes) is 1. The van der Waals surface area contributed by atoms with Crippen LogP contribution in [0.2, 0.25) is 0 Å². The zero-order valence-electron chi connectivity index (χ0n) is 7.30. The number of aliphatic hydroxyl groups excluding tert-OH is 1. The van der Waals surface area contributed by atoms with Crippen LogP contribution in [0.25, 0.3) is 0 Å². The maximum Gasteiger partial charge on any atom is 0.414 e. The normalized spacial score (nSPS) is 8.92. The number of carboxylic acid groups (broad SMARTS) is 2. The maximum absolute atomic E-state index is 9.10. The zero-order chi connectivity index (χ0) is 10.9. The Labute approximate surface area is 75.4 Å². The van der Waals surface area contributed by atoms with Gasteiger partial charge in [0.1, 0.15) is 0 Å². The van der Waals surface area contributed by atoms with E-state index in [1.807, 2.05) is 6.92 Å². The van der Waals surface area contributed by atoms with Gasteiger partial charge in [-0.2, -0.15) is 0 Å². The highest BCUT2D eigenvalue weighted by molar-refractivity contribution is 6.27. The third kappa shape index (κ3) is 18.1. The van der Waals surface area contributed by atoms with Crippen molar-refractivity contribution in [3.8, 4) is 0 Å². The molecule has 4 N–H and O–H groups in total. The summed E-state index contributed by atoms with van der Waals surface area (Å²) in [6, 6.07) is 0. The van der Waals surface area contributed by atoms with Crippen LogP contribution in [-0.4, -0.2) is 38.7 Å². The summed E-state index contributed by atoms with van der Waals surface area (Å²) < 4.78 is 0. The molecule has 0 aliphatic heterocycles. The quantitative estimate of drug-likeness (QED) is 0.360. The SMILES string of the molecule is CCCCC(O)O.O=C(O)C(=O)O. The number of aliphatic carboxylic acids is 2. The van der Waals surface area contributed by atoms with E-state index in [-0.39, 0.29) is 0 Å². The van der Waals surface area contributed by atoms with E-state index in [0.29, 0.717) is 6.42 Å². The second-order valence-electron chi connectivity index (χ2n) is 2.23. The van der Waals surface area contributed by atoms with E-state index in [4.69, 9.17) is 30.0 Å². The summed E-state index contributed by atoms with van der Waals surface area (Å²) in [5, 5.41) is 31.3. The molecule has 0 rings (SSSR count). The van der Waals surface area contributed by atoms with Gasteiger partial charge in [-0.05, 0) is 12.8 Å².